The smallest absolute Gasteiger partial charge is 0.136 e. The zero-order chi connectivity index (χ0) is 40.0. The minimum absolute atomic E-state index is 0.0573. The quantitative estimate of drug-likeness (QED) is 0.196. The first kappa shape index (κ1) is 17.4. The van der Waals surface area contributed by atoms with Crippen molar-refractivity contribution in [1.29, 1.82) is 0 Å². The SMILES string of the molecule is [2H]c1c([2H])c(N(c2ccc(-c3cccc4oc5ccccc5c34)cc2)c2c([2H])c([2H])c([2H])c3c([2H])c([2H])c([2H])c([2H])c23)c([2H])c([2H])c1-c1cccc2ccccc12. The Morgan fingerprint density at radius 1 is 0.435 bits per heavy atom. The second kappa shape index (κ2) is 10.8. The van der Waals surface area contributed by atoms with E-state index in [0.29, 0.717) is 11.1 Å². The Hall–Kier alpha value is -6.12. The number of para-hydroxylation sites is 1. The molecule has 8 aromatic carbocycles. The average Bonchev–Trinajstić information content (AvgIpc) is 3.62. The van der Waals surface area contributed by atoms with Gasteiger partial charge in [0.2, 0.25) is 0 Å². The number of rotatable bonds is 5. The zero-order valence-electron chi connectivity index (χ0n) is 35.2. The van der Waals surface area contributed by atoms with Crippen LogP contribution in [0.1, 0.15) is 15.1 Å². The number of hydrogen-bond acceptors (Lipinski definition) is 2. The van der Waals surface area contributed by atoms with E-state index < -0.39 is 54.4 Å². The van der Waals surface area contributed by atoms with Gasteiger partial charge in [0, 0.05) is 27.5 Å². The lowest BCUT2D eigenvalue weighted by molar-refractivity contribution is 0.669. The molecule has 0 radical (unpaired) electrons. The van der Waals surface area contributed by atoms with E-state index in [1.165, 1.54) is 4.90 Å². The summed E-state index contributed by atoms with van der Waals surface area (Å²) in [5, 5.41) is 2.81. The molecule has 0 saturated carbocycles. The standard InChI is InChI=1S/C44H29NO/c1-3-14-36-30(10-1)12-7-17-37(36)32-22-26-34(27-23-32)45(41-19-8-13-31-11-2-4-15-38(31)41)35-28-24-33(25-29-35)39-18-9-21-43-44(39)40-16-5-6-20-42(40)46-43/h1-29H/i2D,4D,8D,11D,13D,15D,19D,22D,23D,26D,27D. The summed E-state index contributed by atoms with van der Waals surface area (Å²) in [4.78, 5) is 1.26. The van der Waals surface area contributed by atoms with Crippen LogP contribution in [0.4, 0.5) is 17.1 Å². The lowest BCUT2D eigenvalue weighted by atomic mass is 9.97. The van der Waals surface area contributed by atoms with Crippen LogP contribution in [-0.4, -0.2) is 0 Å². The van der Waals surface area contributed by atoms with Crippen LogP contribution >= 0.6 is 0 Å². The van der Waals surface area contributed by atoms with Gasteiger partial charge in [-0.3, -0.25) is 0 Å². The number of benzene rings is 8. The third-order valence-electron chi connectivity index (χ3n) is 8.25. The van der Waals surface area contributed by atoms with Gasteiger partial charge in [-0.05, 0) is 80.8 Å². The van der Waals surface area contributed by atoms with Crippen LogP contribution in [0.5, 0.6) is 0 Å². The van der Waals surface area contributed by atoms with Crippen molar-refractivity contribution in [2.75, 3.05) is 4.90 Å². The molecule has 0 saturated heterocycles. The van der Waals surface area contributed by atoms with Crippen molar-refractivity contribution in [2.24, 2.45) is 0 Å². The number of furan rings is 1. The zero-order valence-corrected chi connectivity index (χ0v) is 24.2. The van der Waals surface area contributed by atoms with E-state index in [0.717, 1.165) is 38.3 Å². The minimum Gasteiger partial charge on any atom is -0.456 e. The van der Waals surface area contributed by atoms with E-state index in [9.17, 15) is 6.85 Å². The van der Waals surface area contributed by atoms with Crippen molar-refractivity contribution in [1.82, 2.24) is 0 Å². The van der Waals surface area contributed by atoms with E-state index in [1.807, 2.05) is 72.8 Å². The Morgan fingerprint density at radius 3 is 2.02 bits per heavy atom. The molecule has 216 valence electrons. The molecule has 9 aromatic rings. The summed E-state index contributed by atoms with van der Waals surface area (Å²) in [6.07, 6.45) is 0. The van der Waals surface area contributed by atoms with E-state index >= 15 is 0 Å². The Bertz CT molecular complexity index is 3120. The molecule has 0 atom stereocenters. The second-order valence-corrected chi connectivity index (χ2v) is 10.9. The topological polar surface area (TPSA) is 16.4 Å². The van der Waals surface area contributed by atoms with Gasteiger partial charge < -0.3 is 9.32 Å². The monoisotopic (exact) mass is 598 g/mol. The van der Waals surface area contributed by atoms with Crippen molar-refractivity contribution < 1.29 is 19.5 Å². The van der Waals surface area contributed by atoms with Crippen LogP contribution in [0.15, 0.2) is 180 Å². The van der Waals surface area contributed by atoms with Gasteiger partial charge in [-0.25, -0.2) is 0 Å². The highest BCUT2D eigenvalue weighted by molar-refractivity contribution is 6.12. The maximum Gasteiger partial charge on any atom is 0.136 e. The van der Waals surface area contributed by atoms with E-state index in [1.54, 1.807) is 36.4 Å². The highest BCUT2D eigenvalue weighted by Crippen LogP contribution is 2.42. The number of hydrogen-bond donors (Lipinski definition) is 0. The first-order valence-corrected chi connectivity index (χ1v) is 14.8. The van der Waals surface area contributed by atoms with Crippen molar-refractivity contribution >= 4 is 60.5 Å². The Morgan fingerprint density at radius 2 is 1.13 bits per heavy atom. The average molecular weight is 599 g/mol. The molecule has 1 heterocycles. The second-order valence-electron chi connectivity index (χ2n) is 10.9. The van der Waals surface area contributed by atoms with Crippen molar-refractivity contribution in [2.45, 2.75) is 0 Å². The van der Waals surface area contributed by atoms with Crippen LogP contribution in [0.25, 0.3) is 65.7 Å². The molecular weight excluding hydrogens is 558 g/mol. The molecule has 46 heavy (non-hydrogen) atoms. The van der Waals surface area contributed by atoms with Crippen LogP contribution in [-0.2, 0) is 0 Å². The van der Waals surface area contributed by atoms with Gasteiger partial charge >= 0.3 is 0 Å². The summed E-state index contributed by atoms with van der Waals surface area (Å²) in [5.41, 5.74) is 3.21. The molecule has 0 spiro atoms. The summed E-state index contributed by atoms with van der Waals surface area (Å²) >= 11 is 0. The van der Waals surface area contributed by atoms with Gasteiger partial charge in [-0.15, -0.1) is 0 Å². The van der Waals surface area contributed by atoms with Gasteiger partial charge in [0.15, 0.2) is 0 Å². The maximum atomic E-state index is 9.49. The molecule has 0 fully saturated rings. The normalized spacial score (nSPS) is 14.8. The van der Waals surface area contributed by atoms with Crippen molar-refractivity contribution in [3.8, 4) is 22.3 Å². The fourth-order valence-electron chi connectivity index (χ4n) is 6.14. The third kappa shape index (κ3) is 4.35. The summed E-state index contributed by atoms with van der Waals surface area (Å²) in [7, 11) is 0. The fraction of sp³-hybridized carbons (Fsp3) is 0. The van der Waals surface area contributed by atoms with Crippen LogP contribution in [0, 0.1) is 0 Å². The molecule has 0 amide bonds. The Kier molecular flexibility index (Phi) is 4.08. The molecule has 0 bridgehead atoms. The fourth-order valence-corrected chi connectivity index (χ4v) is 6.14. The lowest BCUT2D eigenvalue weighted by Crippen LogP contribution is -2.10. The predicted octanol–water partition coefficient (Wildman–Crippen LogP) is 12.7. The summed E-state index contributed by atoms with van der Waals surface area (Å²) in [6, 6.07) is 27.2. The molecule has 0 aliphatic heterocycles. The molecular formula is C44H29NO. The number of anilines is 3. The van der Waals surface area contributed by atoms with Crippen LogP contribution in [0.2, 0.25) is 0 Å². The van der Waals surface area contributed by atoms with Crippen molar-refractivity contribution in [3.05, 3.63) is 176 Å². The first-order valence-electron chi connectivity index (χ1n) is 20.3. The number of fused-ring (bicyclic) bond motifs is 5. The lowest BCUT2D eigenvalue weighted by Gasteiger charge is -2.27. The van der Waals surface area contributed by atoms with E-state index in [-0.39, 0.29) is 45.5 Å². The highest BCUT2D eigenvalue weighted by Gasteiger charge is 2.17. The summed E-state index contributed by atoms with van der Waals surface area (Å²) in [5.74, 6) is 0. The molecule has 0 aliphatic rings. The van der Waals surface area contributed by atoms with Gasteiger partial charge in [0.05, 0.1) is 20.8 Å². The third-order valence-corrected chi connectivity index (χ3v) is 8.25. The van der Waals surface area contributed by atoms with Gasteiger partial charge in [0.25, 0.3) is 0 Å². The predicted molar refractivity (Wildman–Crippen MR) is 194 cm³/mol. The van der Waals surface area contributed by atoms with Crippen molar-refractivity contribution in [3.63, 3.8) is 0 Å². The highest BCUT2D eigenvalue weighted by atomic mass is 16.3. The van der Waals surface area contributed by atoms with E-state index in [2.05, 4.69) is 0 Å². The molecule has 2 heteroatoms. The van der Waals surface area contributed by atoms with Crippen LogP contribution < -0.4 is 4.90 Å². The van der Waals surface area contributed by atoms with E-state index in [4.69, 9.17) is 12.6 Å². The first-order chi connectivity index (χ1) is 27.4. The molecule has 2 nitrogen and oxygen atoms in total. The van der Waals surface area contributed by atoms with Gasteiger partial charge in [-0.2, -0.15) is 0 Å². The molecule has 1 aromatic heterocycles. The van der Waals surface area contributed by atoms with Gasteiger partial charge in [-0.1, -0.05) is 133 Å². The summed E-state index contributed by atoms with van der Waals surface area (Å²) in [6.45, 7) is 0. The molecule has 0 N–H and O–H groups in total. The number of nitrogens with zero attached hydrogens (tertiary/aromatic N) is 1. The largest absolute Gasteiger partial charge is 0.456 e. The molecule has 9 rings (SSSR count). The van der Waals surface area contributed by atoms with Gasteiger partial charge in [0.1, 0.15) is 11.2 Å². The maximum absolute atomic E-state index is 9.49. The Balaban J connectivity index is 1.35. The molecule has 0 aliphatic carbocycles. The van der Waals surface area contributed by atoms with Crippen LogP contribution in [0.3, 0.4) is 0 Å². The summed E-state index contributed by atoms with van der Waals surface area (Å²) < 4.78 is 105. The minimum atomic E-state index is -0.634. The molecule has 0 unspecified atom stereocenters. The Labute approximate surface area is 282 Å².